The number of nitrogens with zero attached hydrogens (tertiary/aromatic N) is 11. The topological polar surface area (TPSA) is 110 Å². The second-order valence-corrected chi connectivity index (χ2v) is 38.6. The van der Waals surface area contributed by atoms with Gasteiger partial charge in [-0.2, -0.15) is 0 Å². The minimum Gasteiger partial charge on any atom is -0.309 e. The lowest BCUT2D eigenvalue weighted by atomic mass is 9.80. The van der Waals surface area contributed by atoms with Gasteiger partial charge in [0, 0.05) is 144 Å². The molecule has 0 amide bonds. The smallest absolute Gasteiger partial charge is 0.160 e. The SMILES string of the molecule is CC1(C)c2ccccc2-c2nc(-c3ccc(-c4ccccc4)cc3)nc(-c3ccc4c(c3)c3ccccc3n4-c3ccccc3)c21.CC1(C)c2ccccc2-c2nc(-c3cccc(-n4c5ccccc5c5ccccc54)c3)nc(-c3ccc(-c4nc5ccccc5n4-c4ccccc4)cc3)c21.CC1(C)c2ccccc2-c2nc(-c3ccccc3)nc(-c3ccc4c(c3)c3ccccc3n4-c3ccccc3)c21. The third-order valence-corrected chi connectivity index (χ3v) is 29.3. The fourth-order valence-corrected chi connectivity index (χ4v) is 22.7. The number of hydrogen-bond donors (Lipinski definition) is 0. The Morgan fingerprint density at radius 3 is 0.887 bits per heavy atom. The average molecular weight is 1810 g/mol. The number of benzene rings is 18. The normalized spacial score (nSPS) is 13.2. The van der Waals surface area contributed by atoms with Gasteiger partial charge >= 0.3 is 0 Å². The van der Waals surface area contributed by atoms with Gasteiger partial charge in [-0.15, -0.1) is 0 Å². The van der Waals surface area contributed by atoms with Crippen molar-refractivity contribution in [1.82, 2.24) is 53.2 Å². The van der Waals surface area contributed by atoms with Crippen LogP contribution in [-0.4, -0.2) is 53.2 Å². The summed E-state index contributed by atoms with van der Waals surface area (Å²) in [6, 6.07) is 161. The summed E-state index contributed by atoms with van der Waals surface area (Å²) in [6.07, 6.45) is 0. The Bertz CT molecular complexity index is 9240. The van der Waals surface area contributed by atoms with E-state index in [-0.39, 0.29) is 16.2 Å². The quantitative estimate of drug-likeness (QED) is 0.120. The maximum atomic E-state index is 5.47. The number of hydrogen-bond acceptors (Lipinski definition) is 7. The van der Waals surface area contributed by atoms with Gasteiger partial charge in [0.1, 0.15) is 5.82 Å². The van der Waals surface area contributed by atoms with Gasteiger partial charge in [0.05, 0.1) is 78.3 Å². The van der Waals surface area contributed by atoms with Crippen molar-refractivity contribution in [2.75, 3.05) is 0 Å². The summed E-state index contributed by atoms with van der Waals surface area (Å²) < 4.78 is 9.31. The lowest BCUT2D eigenvalue weighted by Gasteiger charge is -2.24. The van der Waals surface area contributed by atoms with Crippen LogP contribution < -0.4 is 0 Å². The van der Waals surface area contributed by atoms with Gasteiger partial charge in [0.2, 0.25) is 0 Å². The molecule has 18 aromatic carbocycles. The zero-order chi connectivity index (χ0) is 94.4. The number of aromatic nitrogens is 11. The molecule has 0 unspecified atom stereocenters. The predicted octanol–water partition coefficient (Wildman–Crippen LogP) is 32.3. The number of rotatable bonds is 12. The van der Waals surface area contributed by atoms with E-state index in [1.165, 1.54) is 121 Å². The van der Waals surface area contributed by atoms with Crippen LogP contribution in [0.25, 0.3) is 223 Å². The molecule has 0 bridgehead atoms. The molecule has 0 saturated heterocycles. The first-order valence-corrected chi connectivity index (χ1v) is 48.4. The van der Waals surface area contributed by atoms with E-state index in [0.717, 1.165) is 130 Å². The molecule has 0 radical (unpaired) electrons. The molecule has 0 spiro atoms. The summed E-state index contributed by atoms with van der Waals surface area (Å²) in [4.78, 5) is 37.2. The number of imidazole rings is 1. The van der Waals surface area contributed by atoms with Crippen molar-refractivity contribution in [2.24, 2.45) is 0 Å². The zero-order valence-corrected chi connectivity index (χ0v) is 78.7. The Balaban J connectivity index is 0.000000110. The third-order valence-electron chi connectivity index (χ3n) is 29.3. The second-order valence-electron chi connectivity index (χ2n) is 38.6. The lowest BCUT2D eigenvalue weighted by molar-refractivity contribution is 0.657. The molecule has 25 aromatic rings. The van der Waals surface area contributed by atoms with Crippen LogP contribution >= 0.6 is 0 Å². The van der Waals surface area contributed by atoms with Gasteiger partial charge < -0.3 is 13.7 Å². The Labute approximate surface area is 817 Å². The highest BCUT2D eigenvalue weighted by Gasteiger charge is 2.44. The maximum absolute atomic E-state index is 5.47. The molecule has 0 saturated carbocycles. The molecule has 11 nitrogen and oxygen atoms in total. The standard InChI is InChI=1S/C50H35N5.C43H31N3.C37H27N3/c1-50(2)40-22-9-6-21-39(40)47-45(50)46(32-27-29-33(30-28-32)49-51-41-23-10-13-26-44(41)55(49)35-16-4-3-5-17-35)52-48(53-47)34-15-14-18-36(31-34)54-42-24-11-7-19-37(42)38-20-8-12-25-43(38)54;1-43(2)36-19-11-9-18-34(36)41-39(43)40(44-42(45-41)30-23-21-29(22-24-30)28-13-5-3-6-14-28)31-25-26-38-35(27-31)33-17-10-12-20-37(33)46(38)32-15-7-4-8-16-32;1-37(2)30-19-11-9-18-28(30)35-33(37)34(38-36(39-35)24-13-5-3-6-14-24)25-21-22-32-29(23-25)27-17-10-12-20-31(27)40(32)26-15-7-4-8-16-26/h3-31H,1-2H3;3-27H,1-2H3;3-23H,1-2H3. The van der Waals surface area contributed by atoms with Crippen molar-refractivity contribution in [3.63, 3.8) is 0 Å². The maximum Gasteiger partial charge on any atom is 0.160 e. The van der Waals surface area contributed by atoms with E-state index in [4.69, 9.17) is 34.9 Å². The minimum absolute atomic E-state index is 0.219. The zero-order valence-electron chi connectivity index (χ0n) is 78.7. The molecule has 3 aliphatic carbocycles. The Hall–Kier alpha value is -17.9. The van der Waals surface area contributed by atoms with Crippen LogP contribution in [0.15, 0.2) is 455 Å². The van der Waals surface area contributed by atoms with Crippen molar-refractivity contribution >= 4 is 76.5 Å². The molecule has 668 valence electrons. The summed E-state index contributed by atoms with van der Waals surface area (Å²) in [6.45, 7) is 13.8. The predicted molar refractivity (Wildman–Crippen MR) is 580 cm³/mol. The molecule has 0 fully saturated rings. The van der Waals surface area contributed by atoms with Gasteiger partial charge in [-0.3, -0.25) is 4.57 Å². The number of para-hydroxylation sites is 9. The van der Waals surface area contributed by atoms with Crippen LogP contribution in [0, 0.1) is 0 Å². The molecule has 0 atom stereocenters. The highest BCUT2D eigenvalue weighted by molar-refractivity contribution is 6.13. The molecule has 11 heteroatoms. The summed E-state index contributed by atoms with van der Waals surface area (Å²) in [5.74, 6) is 3.11. The van der Waals surface area contributed by atoms with Gasteiger partial charge in [0.25, 0.3) is 0 Å². The van der Waals surface area contributed by atoms with Gasteiger partial charge in [0.15, 0.2) is 17.5 Å². The second kappa shape index (κ2) is 33.2. The fourth-order valence-electron chi connectivity index (χ4n) is 22.7. The lowest BCUT2D eigenvalue weighted by Crippen LogP contribution is -2.17. The summed E-state index contributed by atoms with van der Waals surface area (Å²) >= 11 is 0. The van der Waals surface area contributed by atoms with Crippen molar-refractivity contribution < 1.29 is 0 Å². The van der Waals surface area contributed by atoms with Crippen LogP contribution in [0.5, 0.6) is 0 Å². The molecule has 28 rings (SSSR count). The van der Waals surface area contributed by atoms with Crippen LogP contribution in [-0.2, 0) is 16.2 Å². The highest BCUT2D eigenvalue weighted by Crippen LogP contribution is 2.56. The van der Waals surface area contributed by atoms with E-state index in [9.17, 15) is 0 Å². The van der Waals surface area contributed by atoms with E-state index in [1.54, 1.807) is 0 Å². The van der Waals surface area contributed by atoms with Gasteiger partial charge in [-0.1, -0.05) is 387 Å². The van der Waals surface area contributed by atoms with E-state index < -0.39 is 0 Å². The largest absolute Gasteiger partial charge is 0.309 e. The van der Waals surface area contributed by atoms with Crippen molar-refractivity contribution in [1.29, 1.82) is 0 Å². The van der Waals surface area contributed by atoms with E-state index in [1.807, 2.05) is 36.4 Å². The Kier molecular flexibility index (Phi) is 19.7. The van der Waals surface area contributed by atoms with Crippen molar-refractivity contribution in [3.8, 4) is 147 Å². The molecule has 0 N–H and O–H groups in total. The van der Waals surface area contributed by atoms with Crippen molar-refractivity contribution in [3.05, 3.63) is 488 Å². The highest BCUT2D eigenvalue weighted by atomic mass is 15.1. The van der Waals surface area contributed by atoms with Crippen molar-refractivity contribution in [2.45, 2.75) is 57.8 Å². The first kappa shape index (κ1) is 83.6. The summed E-state index contributed by atoms with van der Waals surface area (Å²) in [7, 11) is 0. The Morgan fingerprint density at radius 1 is 0.170 bits per heavy atom. The first-order chi connectivity index (χ1) is 69.2. The summed E-state index contributed by atoms with van der Waals surface area (Å²) in [5.41, 5.74) is 39.5. The molecule has 3 aliphatic rings. The average Bonchev–Trinajstić information content (AvgIpc) is 1.56. The first-order valence-electron chi connectivity index (χ1n) is 48.4. The Morgan fingerprint density at radius 2 is 0.447 bits per heavy atom. The molecular weight excluding hydrogens is 1720 g/mol. The van der Waals surface area contributed by atoms with Crippen LogP contribution in [0.2, 0.25) is 0 Å². The van der Waals surface area contributed by atoms with E-state index in [2.05, 4.69) is 478 Å². The third kappa shape index (κ3) is 13.7. The van der Waals surface area contributed by atoms with Gasteiger partial charge in [-0.25, -0.2) is 34.9 Å². The molecule has 141 heavy (non-hydrogen) atoms. The monoisotopic (exact) mass is 1810 g/mol. The number of fused-ring (bicyclic) bond motifs is 19. The molecule has 7 aromatic heterocycles. The van der Waals surface area contributed by atoms with E-state index >= 15 is 0 Å². The molecule has 0 aliphatic heterocycles. The minimum atomic E-state index is -0.287. The fraction of sp³-hybridized carbons (Fsp3) is 0.0692. The van der Waals surface area contributed by atoms with Crippen LogP contribution in [0.1, 0.15) is 74.9 Å². The molecule has 7 heterocycles. The summed E-state index contributed by atoms with van der Waals surface area (Å²) in [5, 5.41) is 7.38. The van der Waals surface area contributed by atoms with E-state index in [0.29, 0.717) is 5.82 Å². The van der Waals surface area contributed by atoms with Crippen LogP contribution in [0.4, 0.5) is 0 Å². The molecular formula is C130H93N11. The van der Waals surface area contributed by atoms with Gasteiger partial charge in [-0.05, 0) is 137 Å². The van der Waals surface area contributed by atoms with Crippen LogP contribution in [0.3, 0.4) is 0 Å².